The van der Waals surface area contributed by atoms with Gasteiger partial charge < -0.3 is 24.6 Å². The van der Waals surface area contributed by atoms with Crippen molar-refractivity contribution in [3.63, 3.8) is 0 Å². The second-order valence-corrected chi connectivity index (χ2v) is 7.40. The quantitative estimate of drug-likeness (QED) is 0.682. The van der Waals surface area contributed by atoms with E-state index in [2.05, 4.69) is 5.32 Å². The Morgan fingerprint density at radius 2 is 1.83 bits per heavy atom. The molecule has 0 bridgehead atoms. The van der Waals surface area contributed by atoms with Gasteiger partial charge in [-0.05, 0) is 48.9 Å². The van der Waals surface area contributed by atoms with E-state index in [-0.39, 0.29) is 31.7 Å². The van der Waals surface area contributed by atoms with Crippen LogP contribution in [0.4, 0.5) is 5.69 Å². The van der Waals surface area contributed by atoms with Crippen molar-refractivity contribution in [2.75, 3.05) is 38.8 Å². The second-order valence-electron chi connectivity index (χ2n) is 6.96. The number of nitrogens with zero attached hydrogens (tertiary/aromatic N) is 1. The number of quaternary nitrogens is 1. The van der Waals surface area contributed by atoms with E-state index in [9.17, 15) is 9.59 Å². The average molecular weight is 419 g/mol. The van der Waals surface area contributed by atoms with Gasteiger partial charge >= 0.3 is 0 Å². The molecule has 0 aromatic heterocycles. The second kappa shape index (κ2) is 9.62. The van der Waals surface area contributed by atoms with Gasteiger partial charge in [-0.25, -0.2) is 0 Å². The third-order valence-electron chi connectivity index (χ3n) is 4.59. The van der Waals surface area contributed by atoms with Gasteiger partial charge in [0.05, 0.1) is 7.05 Å². The molecule has 1 unspecified atom stereocenters. The number of ether oxygens (including phenoxy) is 2. The van der Waals surface area contributed by atoms with Crippen molar-refractivity contribution in [2.45, 2.75) is 13.5 Å². The van der Waals surface area contributed by atoms with Gasteiger partial charge in [0.15, 0.2) is 24.6 Å². The van der Waals surface area contributed by atoms with E-state index in [0.717, 1.165) is 16.2 Å². The Morgan fingerprint density at radius 1 is 1.10 bits per heavy atom. The molecular weight excluding hydrogens is 394 g/mol. The zero-order valence-electron chi connectivity index (χ0n) is 16.5. The highest BCUT2D eigenvalue weighted by molar-refractivity contribution is 6.30. The number of hydrogen-bond acceptors (Lipinski definition) is 4. The molecule has 0 spiro atoms. The van der Waals surface area contributed by atoms with Crippen LogP contribution >= 0.6 is 11.6 Å². The van der Waals surface area contributed by atoms with Crippen LogP contribution in [0.25, 0.3) is 0 Å². The van der Waals surface area contributed by atoms with Gasteiger partial charge in [-0.15, -0.1) is 0 Å². The summed E-state index contributed by atoms with van der Waals surface area (Å²) in [7, 11) is 1.83. The molecule has 1 aliphatic heterocycles. The van der Waals surface area contributed by atoms with E-state index in [1.54, 1.807) is 29.2 Å². The third-order valence-corrected chi connectivity index (χ3v) is 4.84. The van der Waals surface area contributed by atoms with Crippen LogP contribution in [0.2, 0.25) is 5.02 Å². The molecule has 2 N–H and O–H groups in total. The van der Waals surface area contributed by atoms with Gasteiger partial charge in [-0.1, -0.05) is 17.7 Å². The van der Waals surface area contributed by atoms with E-state index < -0.39 is 0 Å². The summed E-state index contributed by atoms with van der Waals surface area (Å²) in [5, 5.41) is 3.42. The number of carbonyl (C=O) groups is 2. The van der Waals surface area contributed by atoms with Crippen molar-refractivity contribution in [3.05, 3.63) is 53.1 Å². The first-order valence-electron chi connectivity index (χ1n) is 9.47. The Balaban J connectivity index is 1.50. The molecule has 2 aromatic rings. The van der Waals surface area contributed by atoms with Crippen LogP contribution in [0.15, 0.2) is 42.5 Å². The molecule has 0 radical (unpaired) electrons. The topological polar surface area (TPSA) is 72.3 Å². The molecule has 1 atom stereocenters. The standard InChI is InChI=1S/C21H24ClN3O4/c1-3-25(11-15-4-9-18-19(10-15)29-14-28-18)21(27)13-24(2)12-20(26)23-17-7-5-16(22)6-8-17/h4-10H,3,11-14H2,1-2H3,(H,23,26)/p+1. The molecule has 29 heavy (non-hydrogen) atoms. The van der Waals surface area contributed by atoms with E-state index in [4.69, 9.17) is 21.1 Å². The minimum absolute atomic E-state index is 0.0121. The highest BCUT2D eigenvalue weighted by atomic mass is 35.5. The maximum absolute atomic E-state index is 12.7. The lowest BCUT2D eigenvalue weighted by molar-refractivity contribution is -0.862. The fourth-order valence-corrected chi connectivity index (χ4v) is 3.21. The van der Waals surface area contributed by atoms with Crippen LogP contribution in [-0.4, -0.2) is 50.2 Å². The van der Waals surface area contributed by atoms with Crippen LogP contribution in [0, 0.1) is 0 Å². The maximum atomic E-state index is 12.7. The monoisotopic (exact) mass is 418 g/mol. The Bertz CT molecular complexity index is 873. The van der Waals surface area contributed by atoms with Crippen LogP contribution < -0.4 is 19.7 Å². The summed E-state index contributed by atoms with van der Waals surface area (Å²) in [6, 6.07) is 12.6. The largest absolute Gasteiger partial charge is 0.454 e. The fraction of sp³-hybridized carbons (Fsp3) is 0.333. The molecule has 3 rings (SSSR count). The van der Waals surface area contributed by atoms with Gasteiger partial charge in [0.25, 0.3) is 11.8 Å². The molecule has 1 aliphatic rings. The predicted molar refractivity (Wildman–Crippen MR) is 110 cm³/mol. The van der Waals surface area contributed by atoms with Gasteiger partial charge in [-0.3, -0.25) is 9.59 Å². The van der Waals surface area contributed by atoms with Crippen molar-refractivity contribution in [1.82, 2.24) is 4.90 Å². The number of likely N-dealkylation sites (N-methyl/N-ethyl adjacent to an activating group) is 2. The SMILES string of the molecule is CCN(Cc1ccc2c(c1)OCO2)C(=O)C[NH+](C)CC(=O)Nc1ccc(Cl)cc1. The van der Waals surface area contributed by atoms with Crippen LogP contribution in [0.1, 0.15) is 12.5 Å². The lowest BCUT2D eigenvalue weighted by Crippen LogP contribution is -3.11. The number of rotatable bonds is 8. The first-order chi connectivity index (χ1) is 13.9. The minimum atomic E-state index is -0.156. The number of carbonyl (C=O) groups excluding carboxylic acids is 2. The zero-order valence-corrected chi connectivity index (χ0v) is 17.3. The molecule has 0 saturated heterocycles. The van der Waals surface area contributed by atoms with Gasteiger partial charge in [-0.2, -0.15) is 0 Å². The summed E-state index contributed by atoms with van der Waals surface area (Å²) in [6.07, 6.45) is 0. The highest BCUT2D eigenvalue weighted by Gasteiger charge is 2.20. The Kier molecular flexibility index (Phi) is 6.95. The van der Waals surface area contributed by atoms with Crippen molar-refractivity contribution in [1.29, 1.82) is 0 Å². The highest BCUT2D eigenvalue weighted by Crippen LogP contribution is 2.32. The summed E-state index contributed by atoms with van der Waals surface area (Å²) < 4.78 is 10.7. The number of benzene rings is 2. The smallest absolute Gasteiger partial charge is 0.279 e. The summed E-state index contributed by atoms with van der Waals surface area (Å²) in [6.45, 7) is 3.64. The predicted octanol–water partition coefficient (Wildman–Crippen LogP) is 1.57. The Labute approximate surface area is 175 Å². The number of hydrogen-bond donors (Lipinski definition) is 2. The van der Waals surface area contributed by atoms with Crippen LogP contribution in [0.5, 0.6) is 11.5 Å². The first-order valence-corrected chi connectivity index (χ1v) is 9.85. The molecule has 0 saturated carbocycles. The number of nitrogens with one attached hydrogen (secondary N) is 2. The average Bonchev–Trinajstić information content (AvgIpc) is 3.15. The third kappa shape index (κ3) is 5.85. The van der Waals surface area contributed by atoms with E-state index in [1.807, 2.05) is 32.2 Å². The molecule has 8 heteroatoms. The maximum Gasteiger partial charge on any atom is 0.279 e. The fourth-order valence-electron chi connectivity index (χ4n) is 3.08. The molecule has 0 fully saturated rings. The molecule has 1 heterocycles. The van der Waals surface area contributed by atoms with Crippen LogP contribution in [-0.2, 0) is 16.1 Å². The normalized spacial score (nSPS) is 13.1. The molecule has 0 aliphatic carbocycles. The Morgan fingerprint density at radius 3 is 2.55 bits per heavy atom. The number of fused-ring (bicyclic) bond motifs is 1. The van der Waals surface area contributed by atoms with Crippen LogP contribution in [0.3, 0.4) is 0 Å². The van der Waals surface area contributed by atoms with Crippen molar-refractivity contribution < 1.29 is 24.0 Å². The summed E-state index contributed by atoms with van der Waals surface area (Å²) >= 11 is 5.85. The first kappa shape index (κ1) is 21.0. The lowest BCUT2D eigenvalue weighted by atomic mass is 10.2. The van der Waals surface area contributed by atoms with E-state index in [0.29, 0.717) is 29.5 Å². The van der Waals surface area contributed by atoms with Gasteiger partial charge in [0, 0.05) is 23.8 Å². The Hall–Kier alpha value is -2.77. The summed E-state index contributed by atoms with van der Waals surface area (Å²) in [5.74, 6) is 1.25. The van der Waals surface area contributed by atoms with Crippen molar-refractivity contribution in [3.8, 4) is 11.5 Å². The number of amides is 2. The molecule has 7 nitrogen and oxygen atoms in total. The van der Waals surface area contributed by atoms with Gasteiger partial charge in [0.1, 0.15) is 0 Å². The molecular formula is C21H25ClN3O4+. The number of anilines is 1. The summed E-state index contributed by atoms with van der Waals surface area (Å²) in [5.41, 5.74) is 1.65. The van der Waals surface area contributed by atoms with Crippen molar-refractivity contribution >= 4 is 29.1 Å². The van der Waals surface area contributed by atoms with E-state index in [1.165, 1.54) is 0 Å². The molecule has 2 amide bonds. The molecule has 154 valence electrons. The number of halogens is 1. The lowest BCUT2D eigenvalue weighted by Gasteiger charge is -2.23. The molecule has 2 aromatic carbocycles. The van der Waals surface area contributed by atoms with E-state index >= 15 is 0 Å². The van der Waals surface area contributed by atoms with Crippen molar-refractivity contribution in [2.24, 2.45) is 0 Å². The minimum Gasteiger partial charge on any atom is -0.454 e. The van der Waals surface area contributed by atoms with Gasteiger partial charge in [0.2, 0.25) is 6.79 Å². The zero-order chi connectivity index (χ0) is 20.8. The summed E-state index contributed by atoms with van der Waals surface area (Å²) in [4.78, 5) is 27.5.